The molecule has 0 aromatic heterocycles. The average molecular weight is 387 g/mol. The normalized spacial score (nSPS) is 19.0. The van der Waals surface area contributed by atoms with Crippen molar-refractivity contribution in [3.63, 3.8) is 0 Å². The van der Waals surface area contributed by atoms with Crippen molar-refractivity contribution < 1.29 is 14.3 Å². The highest BCUT2D eigenvalue weighted by molar-refractivity contribution is 7.80. The van der Waals surface area contributed by atoms with Crippen LogP contribution in [-0.4, -0.2) is 29.1 Å². The smallest absolute Gasteiger partial charge is 0.297 e. The molecule has 2 aliphatic rings. The van der Waals surface area contributed by atoms with Crippen molar-refractivity contribution in [1.82, 2.24) is 4.90 Å². The number of unbranched alkanes of at least 4 members (excludes halogenated alkanes) is 4. The van der Waals surface area contributed by atoms with Gasteiger partial charge in [0.2, 0.25) is 5.88 Å². The summed E-state index contributed by atoms with van der Waals surface area (Å²) in [5, 5.41) is 0.239. The summed E-state index contributed by atoms with van der Waals surface area (Å²) >= 11 is 5.23. The molecule has 1 aromatic rings. The first kappa shape index (κ1) is 19.4. The summed E-state index contributed by atoms with van der Waals surface area (Å²) in [7, 11) is 0. The Morgan fingerprint density at radius 2 is 1.78 bits per heavy atom. The first-order chi connectivity index (χ1) is 13.2. The lowest BCUT2D eigenvalue weighted by molar-refractivity contribution is -0.123. The number of carbonyl (C=O) groups is 1. The van der Waals surface area contributed by atoms with E-state index in [1.807, 2.05) is 24.3 Å². The van der Waals surface area contributed by atoms with Crippen molar-refractivity contribution in [3.8, 4) is 5.75 Å². The Kier molecular flexibility index (Phi) is 6.50. The van der Waals surface area contributed by atoms with E-state index in [1.54, 1.807) is 17.1 Å². The van der Waals surface area contributed by atoms with E-state index < -0.39 is 0 Å². The largest absolute Gasteiger partial charge is 0.439 e. The minimum Gasteiger partial charge on any atom is -0.439 e. The fourth-order valence-corrected chi connectivity index (χ4v) is 3.49. The average Bonchev–Trinajstić information content (AvgIpc) is 3.17. The van der Waals surface area contributed by atoms with E-state index in [0.29, 0.717) is 12.4 Å². The molecule has 1 fully saturated rings. The molecule has 0 N–H and O–H groups in total. The van der Waals surface area contributed by atoms with Gasteiger partial charge in [0.05, 0.1) is 5.69 Å². The summed E-state index contributed by atoms with van der Waals surface area (Å²) in [5.41, 5.74) is 1.02. The molecule has 5 nitrogen and oxygen atoms in total. The number of anilines is 1. The summed E-state index contributed by atoms with van der Waals surface area (Å²) in [6, 6.07) is 7.86. The number of allylic oxidation sites excluding steroid dienone is 2. The topological polar surface area (TPSA) is 42.0 Å². The Morgan fingerprint density at radius 1 is 1.00 bits per heavy atom. The van der Waals surface area contributed by atoms with Crippen molar-refractivity contribution >= 4 is 29.0 Å². The molecule has 27 heavy (non-hydrogen) atoms. The number of ether oxygens (including phenoxy) is 2. The van der Waals surface area contributed by atoms with Crippen LogP contribution >= 0.6 is 12.2 Å². The van der Waals surface area contributed by atoms with Gasteiger partial charge in [-0.1, -0.05) is 44.7 Å². The zero-order valence-corrected chi connectivity index (χ0v) is 16.8. The third-order valence-corrected chi connectivity index (χ3v) is 4.99. The van der Waals surface area contributed by atoms with Crippen molar-refractivity contribution in [3.05, 3.63) is 48.1 Å². The summed E-state index contributed by atoms with van der Waals surface area (Å²) in [4.78, 5) is 16.2. The summed E-state index contributed by atoms with van der Waals surface area (Å²) < 4.78 is 11.4. The van der Waals surface area contributed by atoms with Crippen LogP contribution in [0.1, 0.15) is 46.0 Å². The molecule has 0 atom stereocenters. The lowest BCUT2D eigenvalue weighted by Gasteiger charge is -2.14. The molecule has 3 rings (SSSR count). The number of para-hydroxylation sites is 2. The maximum atomic E-state index is 12.6. The van der Waals surface area contributed by atoms with Gasteiger partial charge in [-0.15, -0.1) is 0 Å². The van der Waals surface area contributed by atoms with E-state index in [2.05, 4.69) is 18.7 Å². The third-order valence-electron chi connectivity index (χ3n) is 4.69. The molecule has 6 heteroatoms. The molecule has 1 saturated heterocycles. The van der Waals surface area contributed by atoms with E-state index in [4.69, 9.17) is 21.7 Å². The van der Waals surface area contributed by atoms with Gasteiger partial charge in [0.25, 0.3) is 11.1 Å². The Morgan fingerprint density at radius 3 is 2.56 bits per heavy atom. The minimum atomic E-state index is -0.175. The van der Waals surface area contributed by atoms with Crippen LogP contribution in [0.15, 0.2) is 48.1 Å². The molecule has 1 aromatic carbocycles. The fourth-order valence-electron chi connectivity index (χ4n) is 3.23. The Bertz CT molecular complexity index is 772. The van der Waals surface area contributed by atoms with Gasteiger partial charge in [0.1, 0.15) is 0 Å². The van der Waals surface area contributed by atoms with Crippen molar-refractivity contribution in [2.24, 2.45) is 0 Å². The van der Waals surface area contributed by atoms with Crippen LogP contribution in [0.2, 0.25) is 0 Å². The maximum absolute atomic E-state index is 12.6. The van der Waals surface area contributed by atoms with Crippen LogP contribution in [0.3, 0.4) is 0 Å². The summed E-state index contributed by atoms with van der Waals surface area (Å²) in [6.45, 7) is 5.62. The van der Waals surface area contributed by atoms with E-state index in [0.717, 1.165) is 30.8 Å². The lowest BCUT2D eigenvalue weighted by Crippen LogP contribution is -2.29. The number of hydrogen-bond donors (Lipinski definition) is 0. The Hall–Kier alpha value is -2.34. The van der Waals surface area contributed by atoms with Gasteiger partial charge < -0.3 is 14.4 Å². The standard InChI is InChI=1S/C21H26N2O3S/c1-3-5-6-7-10-15-23-20(24)18(26-21(23)27)13-14-19-22(4-2)16-11-8-9-12-17(16)25-19/h8-9,11-14H,3-7,10,15H2,1-2H3. The molecule has 0 spiro atoms. The lowest BCUT2D eigenvalue weighted by atomic mass is 10.1. The van der Waals surface area contributed by atoms with Gasteiger partial charge in [-0.3, -0.25) is 9.69 Å². The highest BCUT2D eigenvalue weighted by atomic mass is 32.1. The van der Waals surface area contributed by atoms with E-state index >= 15 is 0 Å². The highest BCUT2D eigenvalue weighted by Crippen LogP contribution is 2.38. The number of hydrogen-bond acceptors (Lipinski definition) is 5. The third kappa shape index (κ3) is 4.33. The summed E-state index contributed by atoms with van der Waals surface area (Å²) in [6.07, 6.45) is 9.06. The van der Waals surface area contributed by atoms with Gasteiger partial charge in [0.15, 0.2) is 11.5 Å². The molecule has 2 aliphatic heterocycles. The molecular weight excluding hydrogens is 360 g/mol. The quantitative estimate of drug-likeness (QED) is 0.367. The van der Waals surface area contributed by atoms with E-state index in [1.165, 1.54) is 19.3 Å². The second kappa shape index (κ2) is 9.04. The first-order valence-electron chi connectivity index (χ1n) is 9.65. The predicted molar refractivity (Wildman–Crippen MR) is 110 cm³/mol. The van der Waals surface area contributed by atoms with Gasteiger partial charge in [-0.25, -0.2) is 0 Å². The molecule has 0 aliphatic carbocycles. The van der Waals surface area contributed by atoms with Crippen LogP contribution in [0.5, 0.6) is 5.75 Å². The predicted octanol–water partition coefficient (Wildman–Crippen LogP) is 4.74. The first-order valence-corrected chi connectivity index (χ1v) is 10.1. The molecule has 0 radical (unpaired) electrons. The molecule has 144 valence electrons. The molecule has 0 bridgehead atoms. The van der Waals surface area contributed by atoms with Gasteiger partial charge in [-0.05, 0) is 43.8 Å². The fraction of sp³-hybridized carbons (Fsp3) is 0.429. The molecule has 0 saturated carbocycles. The van der Waals surface area contributed by atoms with Crippen LogP contribution in [0.25, 0.3) is 0 Å². The van der Waals surface area contributed by atoms with Crippen LogP contribution in [-0.2, 0) is 9.53 Å². The second-order valence-electron chi connectivity index (χ2n) is 6.59. The molecule has 0 unspecified atom stereocenters. The van der Waals surface area contributed by atoms with Gasteiger partial charge >= 0.3 is 0 Å². The highest BCUT2D eigenvalue weighted by Gasteiger charge is 2.33. The van der Waals surface area contributed by atoms with Gasteiger partial charge in [-0.2, -0.15) is 0 Å². The number of amides is 1. The number of thiocarbonyl (C=S) groups is 1. The van der Waals surface area contributed by atoms with Crippen LogP contribution in [0, 0.1) is 0 Å². The summed E-state index contributed by atoms with van der Waals surface area (Å²) in [5.74, 6) is 1.56. The van der Waals surface area contributed by atoms with Crippen molar-refractivity contribution in [1.29, 1.82) is 0 Å². The monoisotopic (exact) mass is 386 g/mol. The maximum Gasteiger partial charge on any atom is 0.297 e. The van der Waals surface area contributed by atoms with Crippen molar-refractivity contribution in [2.75, 3.05) is 18.0 Å². The molecule has 2 heterocycles. The zero-order valence-electron chi connectivity index (χ0n) is 15.9. The number of carbonyl (C=O) groups excluding carboxylic acids is 1. The van der Waals surface area contributed by atoms with E-state index in [9.17, 15) is 4.79 Å². The Balaban J connectivity index is 1.65. The zero-order chi connectivity index (χ0) is 19.2. The van der Waals surface area contributed by atoms with Crippen molar-refractivity contribution in [2.45, 2.75) is 46.0 Å². The minimum absolute atomic E-state index is 0.175. The molecule has 1 amide bonds. The number of nitrogens with zero attached hydrogens (tertiary/aromatic N) is 2. The number of fused-ring (bicyclic) bond motifs is 1. The SMILES string of the molecule is CCCCCCCN1C(=O)C(=CC=C2Oc3ccccc3N2CC)OC1=S. The van der Waals surface area contributed by atoms with Crippen LogP contribution < -0.4 is 9.64 Å². The van der Waals surface area contributed by atoms with Gasteiger partial charge in [0, 0.05) is 19.2 Å². The van der Waals surface area contributed by atoms with Crippen LogP contribution in [0.4, 0.5) is 5.69 Å². The second-order valence-corrected chi connectivity index (χ2v) is 6.94. The Labute approximate surface area is 166 Å². The number of rotatable bonds is 8. The molecular formula is C21H26N2O3S. The number of benzene rings is 1. The van der Waals surface area contributed by atoms with E-state index in [-0.39, 0.29) is 16.8 Å².